The highest BCUT2D eigenvalue weighted by Crippen LogP contribution is 2.25. The zero-order chi connectivity index (χ0) is 13.8. The van der Waals surface area contributed by atoms with Gasteiger partial charge in [0.1, 0.15) is 18.0 Å². The van der Waals surface area contributed by atoms with Gasteiger partial charge in [0.15, 0.2) is 0 Å². The number of nitrogen functional groups attached to an aromatic ring is 1. The summed E-state index contributed by atoms with van der Waals surface area (Å²) in [6.45, 7) is 4.87. The summed E-state index contributed by atoms with van der Waals surface area (Å²) in [6.07, 6.45) is 2.35. The number of nitrogens with one attached hydrogen (secondary N) is 1. The van der Waals surface area contributed by atoms with Gasteiger partial charge in [-0.1, -0.05) is 6.92 Å². The van der Waals surface area contributed by atoms with Crippen molar-refractivity contribution in [2.45, 2.75) is 26.8 Å². The molecule has 2 aromatic rings. The molecule has 0 saturated heterocycles. The van der Waals surface area contributed by atoms with Gasteiger partial charge in [-0.3, -0.25) is 0 Å². The summed E-state index contributed by atoms with van der Waals surface area (Å²) < 4.78 is 0. The number of nitrogens with two attached hydrogens (primary N) is 1. The van der Waals surface area contributed by atoms with E-state index in [9.17, 15) is 0 Å². The molecule has 0 bridgehead atoms. The van der Waals surface area contributed by atoms with E-state index in [2.05, 4.69) is 32.2 Å². The summed E-state index contributed by atoms with van der Waals surface area (Å²) >= 11 is 1.66. The van der Waals surface area contributed by atoms with Gasteiger partial charge >= 0.3 is 0 Å². The summed E-state index contributed by atoms with van der Waals surface area (Å²) in [6, 6.07) is 0. The Morgan fingerprint density at radius 1 is 1.37 bits per heavy atom. The number of hydrogen-bond acceptors (Lipinski definition) is 7. The van der Waals surface area contributed by atoms with Gasteiger partial charge in [0.25, 0.3) is 0 Å². The number of hydrazine groups is 1. The molecule has 0 amide bonds. The van der Waals surface area contributed by atoms with Crippen molar-refractivity contribution in [2.75, 3.05) is 17.4 Å². The largest absolute Gasteiger partial charge is 0.354 e. The van der Waals surface area contributed by atoms with Gasteiger partial charge < -0.3 is 10.3 Å². The number of aryl methyl sites for hydroxylation is 1. The van der Waals surface area contributed by atoms with Crippen molar-refractivity contribution in [1.82, 2.24) is 15.0 Å². The van der Waals surface area contributed by atoms with Crippen molar-refractivity contribution < 1.29 is 0 Å². The second-order valence-corrected chi connectivity index (χ2v) is 5.18. The topological polar surface area (TPSA) is 80.0 Å². The van der Waals surface area contributed by atoms with Crippen LogP contribution in [0, 0.1) is 6.92 Å². The molecule has 102 valence electrons. The Kier molecular flexibility index (Phi) is 4.28. The maximum atomic E-state index is 5.49. The smallest absolute Gasteiger partial charge is 0.148 e. The van der Waals surface area contributed by atoms with Crippen LogP contribution in [-0.4, -0.2) is 22.0 Å². The van der Waals surface area contributed by atoms with Crippen molar-refractivity contribution in [3.05, 3.63) is 28.0 Å². The van der Waals surface area contributed by atoms with Crippen molar-refractivity contribution >= 4 is 23.0 Å². The molecule has 0 aromatic carbocycles. The van der Waals surface area contributed by atoms with Crippen LogP contribution in [0.25, 0.3) is 0 Å². The fourth-order valence-corrected chi connectivity index (χ4v) is 2.78. The molecule has 0 unspecified atom stereocenters. The van der Waals surface area contributed by atoms with Crippen LogP contribution in [-0.2, 0) is 13.0 Å². The lowest BCUT2D eigenvalue weighted by Gasteiger charge is -2.21. The standard InChI is InChI=1S/C12H18N6S/c1-4-9-11(17-13)14-6-15-12(9)18(3)5-10-8(2)16-7-19-10/h6-7H,4-5,13H2,1-3H3,(H,14,15,17). The molecular formula is C12H18N6S. The molecule has 0 radical (unpaired) electrons. The Balaban J connectivity index is 2.28. The number of rotatable bonds is 5. The third-order valence-corrected chi connectivity index (χ3v) is 3.92. The van der Waals surface area contributed by atoms with Gasteiger partial charge in [-0.15, -0.1) is 11.3 Å². The van der Waals surface area contributed by atoms with Crippen LogP contribution in [0.1, 0.15) is 23.1 Å². The zero-order valence-electron chi connectivity index (χ0n) is 11.3. The van der Waals surface area contributed by atoms with Gasteiger partial charge in [-0.05, 0) is 13.3 Å². The molecule has 6 nitrogen and oxygen atoms in total. The van der Waals surface area contributed by atoms with Gasteiger partial charge in [-0.2, -0.15) is 0 Å². The number of nitrogens with zero attached hydrogens (tertiary/aromatic N) is 4. The molecule has 2 rings (SSSR count). The minimum Gasteiger partial charge on any atom is -0.354 e. The molecular weight excluding hydrogens is 260 g/mol. The average molecular weight is 278 g/mol. The van der Waals surface area contributed by atoms with Crippen LogP contribution in [0.5, 0.6) is 0 Å². The van der Waals surface area contributed by atoms with Crippen LogP contribution in [0.2, 0.25) is 0 Å². The van der Waals surface area contributed by atoms with E-state index in [0.717, 1.165) is 30.0 Å². The first-order valence-electron chi connectivity index (χ1n) is 6.08. The summed E-state index contributed by atoms with van der Waals surface area (Å²) in [5, 5.41) is 0. The second kappa shape index (κ2) is 5.94. The SMILES string of the molecule is CCc1c(NN)ncnc1N(C)Cc1scnc1C. The lowest BCUT2D eigenvalue weighted by molar-refractivity contribution is 0.873. The monoisotopic (exact) mass is 278 g/mol. The molecule has 0 saturated carbocycles. The highest BCUT2D eigenvalue weighted by atomic mass is 32.1. The molecule has 0 spiro atoms. The van der Waals surface area contributed by atoms with Gasteiger partial charge in [0.2, 0.25) is 0 Å². The van der Waals surface area contributed by atoms with Gasteiger partial charge in [0, 0.05) is 17.5 Å². The minimum absolute atomic E-state index is 0.681. The molecule has 0 aliphatic heterocycles. The Labute approximate surface area is 116 Å². The number of thiazole rings is 1. The predicted octanol–water partition coefficient (Wildman–Crippen LogP) is 1.73. The fourth-order valence-electron chi connectivity index (χ4n) is 1.95. The van der Waals surface area contributed by atoms with Crippen molar-refractivity contribution in [2.24, 2.45) is 5.84 Å². The lowest BCUT2D eigenvalue weighted by Crippen LogP contribution is -2.21. The number of hydrogen-bond donors (Lipinski definition) is 2. The van der Waals surface area contributed by atoms with E-state index in [-0.39, 0.29) is 0 Å². The number of aromatic nitrogens is 3. The van der Waals surface area contributed by atoms with Crippen LogP contribution < -0.4 is 16.2 Å². The Bertz CT molecular complexity index is 553. The second-order valence-electron chi connectivity index (χ2n) is 4.24. The lowest BCUT2D eigenvalue weighted by atomic mass is 10.2. The molecule has 2 aromatic heterocycles. The highest BCUT2D eigenvalue weighted by molar-refractivity contribution is 7.09. The molecule has 0 atom stereocenters. The van der Waals surface area contributed by atoms with E-state index in [1.54, 1.807) is 11.3 Å². The Hall–Kier alpha value is -1.73. The number of anilines is 2. The van der Waals surface area contributed by atoms with Crippen molar-refractivity contribution in [3.63, 3.8) is 0 Å². The zero-order valence-corrected chi connectivity index (χ0v) is 12.2. The quantitative estimate of drug-likeness (QED) is 0.640. The fraction of sp³-hybridized carbons (Fsp3) is 0.417. The maximum absolute atomic E-state index is 5.49. The molecule has 7 heteroatoms. The molecule has 2 heterocycles. The maximum Gasteiger partial charge on any atom is 0.148 e. The Morgan fingerprint density at radius 2 is 2.16 bits per heavy atom. The van der Waals surface area contributed by atoms with Crippen LogP contribution in [0.15, 0.2) is 11.8 Å². The first kappa shape index (κ1) is 13.7. The summed E-state index contributed by atoms with van der Waals surface area (Å²) in [5.74, 6) is 7.07. The van der Waals surface area contributed by atoms with E-state index >= 15 is 0 Å². The van der Waals surface area contributed by atoms with E-state index in [1.165, 1.54) is 11.2 Å². The van der Waals surface area contributed by atoms with E-state index in [4.69, 9.17) is 5.84 Å². The third kappa shape index (κ3) is 2.82. The summed E-state index contributed by atoms with van der Waals surface area (Å²) in [7, 11) is 2.01. The first-order chi connectivity index (χ1) is 9.17. The molecule has 3 N–H and O–H groups in total. The van der Waals surface area contributed by atoms with E-state index < -0.39 is 0 Å². The van der Waals surface area contributed by atoms with Crippen LogP contribution in [0.3, 0.4) is 0 Å². The summed E-state index contributed by atoms with van der Waals surface area (Å²) in [5.41, 5.74) is 6.58. The Morgan fingerprint density at radius 3 is 2.74 bits per heavy atom. The van der Waals surface area contributed by atoms with E-state index in [0.29, 0.717) is 5.82 Å². The van der Waals surface area contributed by atoms with Gasteiger partial charge in [0.05, 0.1) is 17.7 Å². The van der Waals surface area contributed by atoms with Crippen molar-refractivity contribution in [3.8, 4) is 0 Å². The van der Waals surface area contributed by atoms with Crippen LogP contribution in [0.4, 0.5) is 11.6 Å². The molecule has 0 aliphatic carbocycles. The minimum atomic E-state index is 0.681. The molecule has 19 heavy (non-hydrogen) atoms. The summed E-state index contributed by atoms with van der Waals surface area (Å²) in [4.78, 5) is 16.1. The van der Waals surface area contributed by atoms with Gasteiger partial charge in [-0.25, -0.2) is 20.8 Å². The first-order valence-corrected chi connectivity index (χ1v) is 6.95. The predicted molar refractivity (Wildman–Crippen MR) is 78.2 cm³/mol. The molecule has 0 aliphatic rings. The molecule has 0 fully saturated rings. The highest BCUT2D eigenvalue weighted by Gasteiger charge is 2.14. The van der Waals surface area contributed by atoms with Crippen LogP contribution >= 0.6 is 11.3 Å². The van der Waals surface area contributed by atoms with Crippen molar-refractivity contribution in [1.29, 1.82) is 0 Å². The average Bonchev–Trinajstić information content (AvgIpc) is 2.83. The van der Waals surface area contributed by atoms with E-state index in [1.807, 2.05) is 19.5 Å². The normalized spacial score (nSPS) is 10.5. The third-order valence-electron chi connectivity index (χ3n) is 3.00.